The van der Waals surface area contributed by atoms with Crippen molar-refractivity contribution in [3.05, 3.63) is 0 Å². The lowest BCUT2D eigenvalue weighted by Gasteiger charge is -1.90. The van der Waals surface area contributed by atoms with Gasteiger partial charge in [-0.3, -0.25) is 0 Å². The number of rotatable bonds is 4. The first-order valence-electron chi connectivity index (χ1n) is 3.75. The Hall–Kier alpha value is -0.0800. The van der Waals surface area contributed by atoms with Crippen LogP contribution >= 0.6 is 0 Å². The molecule has 2 heteroatoms. The van der Waals surface area contributed by atoms with Gasteiger partial charge in [0.05, 0.1) is 6.61 Å². The van der Waals surface area contributed by atoms with Crippen molar-refractivity contribution in [2.24, 2.45) is 0 Å². The number of aliphatic hydroxyl groups excluding tert-OH is 1. The Morgan fingerprint density at radius 1 is 1.44 bits per heavy atom. The molecule has 0 spiro atoms. The molecular formula is C7H15NO. The minimum atomic E-state index is 0.314. The first-order chi connectivity index (χ1) is 4.38. The van der Waals surface area contributed by atoms with Crippen LogP contribution in [-0.2, 0) is 0 Å². The first kappa shape index (κ1) is 7.03. The molecule has 0 aromatic carbocycles. The maximum absolute atomic E-state index is 8.61. The zero-order chi connectivity index (χ0) is 6.69. The number of hydrogen-bond acceptors (Lipinski definition) is 2. The molecule has 0 unspecified atom stereocenters. The molecule has 0 aromatic heterocycles. The van der Waals surface area contributed by atoms with Gasteiger partial charge < -0.3 is 10.4 Å². The fourth-order valence-electron chi connectivity index (χ4n) is 1.11. The van der Waals surface area contributed by atoms with E-state index in [4.69, 9.17) is 5.11 Å². The van der Waals surface area contributed by atoms with E-state index >= 15 is 0 Å². The second-order valence-electron chi connectivity index (χ2n) is 2.70. The van der Waals surface area contributed by atoms with Gasteiger partial charge >= 0.3 is 0 Å². The molecular weight excluding hydrogens is 114 g/mol. The molecule has 9 heavy (non-hydrogen) atoms. The molecule has 0 radical (unpaired) electrons. The van der Waals surface area contributed by atoms with Gasteiger partial charge in [0.1, 0.15) is 0 Å². The first-order valence-corrected chi connectivity index (χ1v) is 3.75. The molecule has 0 bridgehead atoms. The van der Waals surface area contributed by atoms with Crippen molar-refractivity contribution >= 4 is 0 Å². The van der Waals surface area contributed by atoms with Crippen molar-refractivity contribution in [2.75, 3.05) is 6.61 Å². The highest BCUT2D eigenvalue weighted by Gasteiger charge is 2.33. The summed E-state index contributed by atoms with van der Waals surface area (Å²) >= 11 is 0. The van der Waals surface area contributed by atoms with Crippen molar-refractivity contribution in [2.45, 2.75) is 38.3 Å². The topological polar surface area (TPSA) is 42.2 Å². The van der Waals surface area contributed by atoms with Crippen molar-refractivity contribution in [1.29, 1.82) is 0 Å². The standard InChI is InChI=1S/C7H15NO/c1-2-3-4-6-7(5-9)8-6/h6-9H,2-5H2,1H3/t6-,7-/m0/s1. The second kappa shape index (κ2) is 3.18. The lowest BCUT2D eigenvalue weighted by Crippen LogP contribution is -1.98. The Bertz CT molecular complexity index is 85.0. The smallest absolute Gasteiger partial charge is 0.0599 e. The molecule has 2 atom stereocenters. The van der Waals surface area contributed by atoms with Gasteiger partial charge in [0.2, 0.25) is 0 Å². The van der Waals surface area contributed by atoms with Crippen molar-refractivity contribution in [1.82, 2.24) is 5.32 Å². The number of hydrogen-bond donors (Lipinski definition) is 2. The summed E-state index contributed by atoms with van der Waals surface area (Å²) in [6.45, 7) is 2.50. The van der Waals surface area contributed by atoms with E-state index in [-0.39, 0.29) is 0 Å². The van der Waals surface area contributed by atoms with Gasteiger partial charge in [0, 0.05) is 12.1 Å². The van der Waals surface area contributed by atoms with Gasteiger partial charge in [-0.05, 0) is 6.42 Å². The summed E-state index contributed by atoms with van der Waals surface area (Å²) in [5.74, 6) is 0. The van der Waals surface area contributed by atoms with E-state index in [9.17, 15) is 0 Å². The van der Waals surface area contributed by atoms with Crippen LogP contribution < -0.4 is 5.32 Å². The van der Waals surface area contributed by atoms with Crippen LogP contribution in [0.25, 0.3) is 0 Å². The molecule has 0 amide bonds. The summed E-state index contributed by atoms with van der Waals surface area (Å²) in [6, 6.07) is 1.06. The van der Waals surface area contributed by atoms with Crippen LogP contribution in [0.15, 0.2) is 0 Å². The molecule has 2 nitrogen and oxygen atoms in total. The van der Waals surface area contributed by atoms with E-state index in [0.717, 1.165) is 0 Å². The molecule has 1 fully saturated rings. The van der Waals surface area contributed by atoms with Crippen LogP contribution in [0.2, 0.25) is 0 Å². The zero-order valence-corrected chi connectivity index (χ0v) is 5.93. The van der Waals surface area contributed by atoms with Crippen LogP contribution in [-0.4, -0.2) is 23.8 Å². The zero-order valence-electron chi connectivity index (χ0n) is 5.93. The van der Waals surface area contributed by atoms with E-state index < -0.39 is 0 Å². The highest BCUT2D eigenvalue weighted by molar-refractivity contribution is 4.96. The molecule has 1 rings (SSSR count). The second-order valence-corrected chi connectivity index (χ2v) is 2.70. The largest absolute Gasteiger partial charge is 0.395 e. The quantitative estimate of drug-likeness (QED) is 0.543. The summed E-state index contributed by atoms with van der Waals surface area (Å²) in [5, 5.41) is 11.8. The van der Waals surface area contributed by atoms with E-state index in [0.29, 0.717) is 18.7 Å². The fraction of sp³-hybridized carbons (Fsp3) is 1.00. The summed E-state index contributed by atoms with van der Waals surface area (Å²) in [6.07, 6.45) is 3.78. The molecule has 1 heterocycles. The average molecular weight is 129 g/mol. The molecule has 0 aliphatic carbocycles. The Kier molecular flexibility index (Phi) is 2.49. The third-order valence-corrected chi connectivity index (χ3v) is 1.87. The van der Waals surface area contributed by atoms with Crippen LogP contribution in [0.4, 0.5) is 0 Å². The molecule has 1 saturated heterocycles. The Morgan fingerprint density at radius 3 is 2.67 bits per heavy atom. The molecule has 2 N–H and O–H groups in total. The third kappa shape index (κ3) is 1.95. The monoisotopic (exact) mass is 129 g/mol. The predicted octanol–water partition coefficient (Wildman–Crippen LogP) is 0.509. The van der Waals surface area contributed by atoms with Crippen molar-refractivity contribution in [3.8, 4) is 0 Å². The molecule has 1 aliphatic heterocycles. The normalized spacial score (nSPS) is 32.7. The van der Waals surface area contributed by atoms with Gasteiger partial charge in [0.15, 0.2) is 0 Å². The predicted molar refractivity (Wildman–Crippen MR) is 37.3 cm³/mol. The van der Waals surface area contributed by atoms with Crippen molar-refractivity contribution in [3.63, 3.8) is 0 Å². The van der Waals surface area contributed by atoms with E-state index in [1.54, 1.807) is 0 Å². The van der Waals surface area contributed by atoms with Gasteiger partial charge in [-0.1, -0.05) is 19.8 Å². The number of unbranched alkanes of at least 4 members (excludes halogenated alkanes) is 1. The van der Waals surface area contributed by atoms with Crippen LogP contribution in [0.5, 0.6) is 0 Å². The van der Waals surface area contributed by atoms with Crippen LogP contribution in [0.3, 0.4) is 0 Å². The summed E-state index contributed by atoms with van der Waals surface area (Å²) in [5.41, 5.74) is 0. The average Bonchev–Trinajstić information content (AvgIpc) is 2.62. The Balaban J connectivity index is 1.92. The highest BCUT2D eigenvalue weighted by Crippen LogP contribution is 2.16. The minimum Gasteiger partial charge on any atom is -0.395 e. The van der Waals surface area contributed by atoms with E-state index in [1.807, 2.05) is 0 Å². The minimum absolute atomic E-state index is 0.314. The maximum atomic E-state index is 8.61. The van der Waals surface area contributed by atoms with Crippen LogP contribution in [0, 0.1) is 0 Å². The summed E-state index contributed by atoms with van der Waals surface area (Å²) in [7, 11) is 0. The molecule has 54 valence electrons. The fourth-order valence-corrected chi connectivity index (χ4v) is 1.11. The van der Waals surface area contributed by atoms with E-state index in [1.165, 1.54) is 19.3 Å². The van der Waals surface area contributed by atoms with Gasteiger partial charge in [0.25, 0.3) is 0 Å². The number of aliphatic hydroxyl groups is 1. The lowest BCUT2D eigenvalue weighted by atomic mass is 10.2. The Morgan fingerprint density at radius 2 is 2.22 bits per heavy atom. The summed E-state index contributed by atoms with van der Waals surface area (Å²) < 4.78 is 0. The summed E-state index contributed by atoms with van der Waals surface area (Å²) in [4.78, 5) is 0. The molecule has 1 aliphatic rings. The maximum Gasteiger partial charge on any atom is 0.0599 e. The van der Waals surface area contributed by atoms with Crippen molar-refractivity contribution < 1.29 is 5.11 Å². The van der Waals surface area contributed by atoms with Crippen LogP contribution in [0.1, 0.15) is 26.2 Å². The SMILES string of the molecule is CCCC[C@@H]1N[C@H]1CO. The molecule has 0 saturated carbocycles. The van der Waals surface area contributed by atoms with E-state index in [2.05, 4.69) is 12.2 Å². The molecule has 0 aromatic rings. The van der Waals surface area contributed by atoms with Gasteiger partial charge in [-0.15, -0.1) is 0 Å². The van der Waals surface area contributed by atoms with Gasteiger partial charge in [-0.25, -0.2) is 0 Å². The third-order valence-electron chi connectivity index (χ3n) is 1.87. The van der Waals surface area contributed by atoms with Gasteiger partial charge in [-0.2, -0.15) is 0 Å². The Labute approximate surface area is 56.3 Å². The lowest BCUT2D eigenvalue weighted by molar-refractivity contribution is 0.293. The number of nitrogens with one attached hydrogen (secondary N) is 1. The highest BCUT2D eigenvalue weighted by atomic mass is 16.3.